The molecule has 0 aliphatic heterocycles. The van der Waals surface area contributed by atoms with Crippen LogP contribution in [0.1, 0.15) is 31.9 Å². The zero-order valence-corrected chi connectivity index (χ0v) is 15.4. The third kappa shape index (κ3) is 4.44. The summed E-state index contributed by atoms with van der Waals surface area (Å²) in [6.45, 7) is 3.75. The first-order valence-electron chi connectivity index (χ1n) is 8.78. The van der Waals surface area contributed by atoms with Crippen LogP contribution in [0, 0.1) is 0 Å². The van der Waals surface area contributed by atoms with Crippen molar-refractivity contribution in [2.75, 3.05) is 19.3 Å². The average molecular weight is 346 g/mol. The molecule has 1 aliphatic carbocycles. The molecular formula is C18H27N5S. The SMILES string of the molecule is CCNC(=NCCc1cn2ccccc2n1)NC1CCC(SC)C1. The maximum atomic E-state index is 4.73. The highest BCUT2D eigenvalue weighted by Gasteiger charge is 2.24. The summed E-state index contributed by atoms with van der Waals surface area (Å²) in [6, 6.07) is 6.62. The zero-order valence-electron chi connectivity index (χ0n) is 14.5. The van der Waals surface area contributed by atoms with Gasteiger partial charge in [0.1, 0.15) is 5.65 Å². The number of hydrogen-bond acceptors (Lipinski definition) is 3. The number of aliphatic imine (C=N–C) groups is 1. The van der Waals surface area contributed by atoms with Gasteiger partial charge < -0.3 is 15.0 Å². The molecule has 1 fully saturated rings. The molecule has 2 N–H and O–H groups in total. The van der Waals surface area contributed by atoms with Gasteiger partial charge in [-0.1, -0.05) is 6.07 Å². The number of nitrogens with one attached hydrogen (secondary N) is 2. The Morgan fingerprint density at radius 1 is 1.42 bits per heavy atom. The summed E-state index contributed by atoms with van der Waals surface area (Å²) in [5.74, 6) is 0.938. The number of fused-ring (bicyclic) bond motifs is 1. The monoisotopic (exact) mass is 345 g/mol. The number of pyridine rings is 1. The van der Waals surface area contributed by atoms with Crippen molar-refractivity contribution in [2.45, 2.75) is 43.9 Å². The second kappa shape index (κ2) is 8.42. The first-order chi connectivity index (χ1) is 11.8. The summed E-state index contributed by atoms with van der Waals surface area (Å²) in [6.07, 6.45) is 11.0. The Balaban J connectivity index is 1.55. The maximum absolute atomic E-state index is 4.73. The normalized spacial score (nSPS) is 21.3. The summed E-state index contributed by atoms with van der Waals surface area (Å²) in [4.78, 5) is 9.36. The Morgan fingerprint density at radius 2 is 2.33 bits per heavy atom. The number of rotatable bonds is 6. The molecule has 1 saturated carbocycles. The predicted octanol–water partition coefficient (Wildman–Crippen LogP) is 2.72. The van der Waals surface area contributed by atoms with Gasteiger partial charge in [-0.05, 0) is 44.6 Å². The highest BCUT2D eigenvalue weighted by atomic mass is 32.2. The Bertz CT molecular complexity index is 648. The van der Waals surface area contributed by atoms with Crippen molar-refractivity contribution in [1.82, 2.24) is 20.0 Å². The van der Waals surface area contributed by atoms with E-state index in [1.54, 1.807) is 0 Å². The molecule has 24 heavy (non-hydrogen) atoms. The molecule has 0 saturated heterocycles. The van der Waals surface area contributed by atoms with Gasteiger partial charge in [0.05, 0.1) is 5.69 Å². The summed E-state index contributed by atoms with van der Waals surface area (Å²) in [5.41, 5.74) is 2.08. The van der Waals surface area contributed by atoms with Gasteiger partial charge in [0.2, 0.25) is 0 Å². The Hall–Kier alpha value is -1.69. The molecule has 3 rings (SSSR count). The fraction of sp³-hybridized carbons (Fsp3) is 0.556. The molecule has 2 unspecified atom stereocenters. The Morgan fingerprint density at radius 3 is 3.08 bits per heavy atom. The van der Waals surface area contributed by atoms with E-state index in [2.05, 4.69) is 39.4 Å². The number of imidazole rings is 1. The van der Waals surface area contributed by atoms with E-state index in [0.29, 0.717) is 6.04 Å². The van der Waals surface area contributed by atoms with Crippen LogP contribution in [-0.4, -0.2) is 46.0 Å². The van der Waals surface area contributed by atoms with Gasteiger partial charge >= 0.3 is 0 Å². The van der Waals surface area contributed by atoms with Crippen molar-refractivity contribution in [3.63, 3.8) is 0 Å². The van der Waals surface area contributed by atoms with Crippen molar-refractivity contribution in [2.24, 2.45) is 4.99 Å². The van der Waals surface area contributed by atoms with E-state index >= 15 is 0 Å². The van der Waals surface area contributed by atoms with E-state index in [1.165, 1.54) is 19.3 Å². The van der Waals surface area contributed by atoms with Crippen LogP contribution in [0.2, 0.25) is 0 Å². The van der Waals surface area contributed by atoms with Crippen LogP contribution in [-0.2, 0) is 6.42 Å². The lowest BCUT2D eigenvalue weighted by Gasteiger charge is -2.17. The van der Waals surface area contributed by atoms with Crippen molar-refractivity contribution in [3.8, 4) is 0 Å². The maximum Gasteiger partial charge on any atom is 0.191 e. The van der Waals surface area contributed by atoms with Crippen LogP contribution in [0.15, 0.2) is 35.6 Å². The second-order valence-electron chi connectivity index (χ2n) is 6.22. The first-order valence-corrected chi connectivity index (χ1v) is 10.1. The summed E-state index contributed by atoms with van der Waals surface area (Å²) in [7, 11) is 0. The van der Waals surface area contributed by atoms with Crippen molar-refractivity contribution in [3.05, 3.63) is 36.3 Å². The average Bonchev–Trinajstić information content (AvgIpc) is 3.20. The lowest BCUT2D eigenvalue weighted by molar-refractivity contribution is 0.615. The van der Waals surface area contributed by atoms with Crippen LogP contribution in [0.25, 0.3) is 5.65 Å². The van der Waals surface area contributed by atoms with E-state index < -0.39 is 0 Å². The van der Waals surface area contributed by atoms with Crippen LogP contribution >= 0.6 is 11.8 Å². The molecule has 0 spiro atoms. The molecule has 2 aromatic rings. The van der Waals surface area contributed by atoms with Crippen LogP contribution in [0.5, 0.6) is 0 Å². The minimum Gasteiger partial charge on any atom is -0.357 e. The summed E-state index contributed by atoms with van der Waals surface area (Å²) in [5, 5.41) is 7.75. The minimum absolute atomic E-state index is 0.551. The number of nitrogens with zero attached hydrogens (tertiary/aromatic N) is 3. The topological polar surface area (TPSA) is 53.7 Å². The molecule has 6 heteroatoms. The number of hydrogen-bond donors (Lipinski definition) is 2. The van der Waals surface area contributed by atoms with E-state index in [9.17, 15) is 0 Å². The van der Waals surface area contributed by atoms with E-state index in [-0.39, 0.29) is 0 Å². The summed E-state index contributed by atoms with van der Waals surface area (Å²) < 4.78 is 2.06. The Labute approximate surface area is 148 Å². The smallest absolute Gasteiger partial charge is 0.191 e. The standard InChI is InChI=1S/C18H27N5S/c1-3-19-18(22-14-7-8-16(12-14)24-2)20-10-9-15-13-23-11-5-4-6-17(23)21-15/h4-6,11,13-14,16H,3,7-10,12H2,1-2H3,(H2,19,20,22). The van der Waals surface area contributed by atoms with E-state index in [4.69, 9.17) is 4.99 Å². The molecule has 5 nitrogen and oxygen atoms in total. The molecule has 2 aromatic heterocycles. The predicted molar refractivity (Wildman–Crippen MR) is 103 cm³/mol. The quantitative estimate of drug-likeness (QED) is 0.624. The van der Waals surface area contributed by atoms with Gasteiger partial charge in [0, 0.05) is 43.2 Å². The van der Waals surface area contributed by atoms with Gasteiger partial charge in [0.25, 0.3) is 0 Å². The van der Waals surface area contributed by atoms with Gasteiger partial charge in [-0.3, -0.25) is 4.99 Å². The van der Waals surface area contributed by atoms with Crippen molar-refractivity contribution in [1.29, 1.82) is 0 Å². The summed E-state index contributed by atoms with van der Waals surface area (Å²) >= 11 is 1.98. The molecule has 2 heterocycles. The number of aromatic nitrogens is 2. The second-order valence-corrected chi connectivity index (χ2v) is 7.36. The molecular weight excluding hydrogens is 318 g/mol. The number of thioether (sulfide) groups is 1. The third-order valence-electron chi connectivity index (χ3n) is 4.45. The van der Waals surface area contributed by atoms with Gasteiger partial charge in [-0.15, -0.1) is 0 Å². The molecule has 2 atom stereocenters. The van der Waals surface area contributed by atoms with E-state index in [0.717, 1.165) is 42.1 Å². The van der Waals surface area contributed by atoms with Crippen LogP contribution in [0.3, 0.4) is 0 Å². The highest BCUT2D eigenvalue weighted by molar-refractivity contribution is 7.99. The zero-order chi connectivity index (χ0) is 16.8. The van der Waals surface area contributed by atoms with Gasteiger partial charge in [-0.2, -0.15) is 11.8 Å². The lowest BCUT2D eigenvalue weighted by atomic mass is 10.2. The molecule has 0 aromatic carbocycles. The third-order valence-corrected chi connectivity index (χ3v) is 5.55. The highest BCUT2D eigenvalue weighted by Crippen LogP contribution is 2.27. The van der Waals surface area contributed by atoms with Crippen LogP contribution in [0.4, 0.5) is 0 Å². The van der Waals surface area contributed by atoms with Gasteiger partial charge in [-0.25, -0.2) is 4.98 Å². The Kier molecular flexibility index (Phi) is 6.01. The van der Waals surface area contributed by atoms with Crippen molar-refractivity contribution < 1.29 is 0 Å². The lowest BCUT2D eigenvalue weighted by Crippen LogP contribution is -2.42. The first kappa shape index (κ1) is 17.1. The molecule has 0 radical (unpaired) electrons. The van der Waals surface area contributed by atoms with E-state index in [1.807, 2.05) is 36.2 Å². The fourth-order valence-electron chi connectivity index (χ4n) is 3.19. The molecule has 0 bridgehead atoms. The fourth-order valence-corrected chi connectivity index (χ4v) is 3.99. The number of guanidine groups is 1. The van der Waals surface area contributed by atoms with Gasteiger partial charge in [0.15, 0.2) is 5.96 Å². The molecule has 1 aliphatic rings. The molecule has 0 amide bonds. The minimum atomic E-state index is 0.551. The van der Waals surface area contributed by atoms with Crippen molar-refractivity contribution >= 4 is 23.4 Å². The molecule has 130 valence electrons. The largest absolute Gasteiger partial charge is 0.357 e. The van der Waals surface area contributed by atoms with Crippen LogP contribution < -0.4 is 10.6 Å².